The van der Waals surface area contributed by atoms with Crippen molar-refractivity contribution in [2.75, 3.05) is 6.61 Å². The van der Waals surface area contributed by atoms with Crippen molar-refractivity contribution in [2.24, 2.45) is 35.5 Å². The molecular formula is C26H44O4. The highest BCUT2D eigenvalue weighted by atomic mass is 16.9. The monoisotopic (exact) mass is 420 g/mol. The van der Waals surface area contributed by atoms with Gasteiger partial charge in [-0.15, -0.1) is 0 Å². The molecule has 1 aliphatic heterocycles. The summed E-state index contributed by atoms with van der Waals surface area (Å²) < 4.78 is 16.3. The van der Waals surface area contributed by atoms with Crippen LogP contribution in [0.3, 0.4) is 0 Å². The highest BCUT2D eigenvalue weighted by Gasteiger charge is 2.39. The number of carbonyl (C=O) groups excluding carboxylic acids is 1. The van der Waals surface area contributed by atoms with E-state index in [2.05, 4.69) is 0 Å². The van der Waals surface area contributed by atoms with E-state index in [0.29, 0.717) is 13.0 Å². The lowest BCUT2D eigenvalue weighted by atomic mass is 9.60. The number of fused-ring (bicyclic) bond motifs is 1. The molecule has 0 N–H and O–H groups in total. The lowest BCUT2D eigenvalue weighted by molar-refractivity contribution is -0.377. The molecule has 4 atom stereocenters. The van der Waals surface area contributed by atoms with Gasteiger partial charge in [-0.25, -0.2) is 0 Å². The van der Waals surface area contributed by atoms with Gasteiger partial charge < -0.3 is 14.2 Å². The van der Waals surface area contributed by atoms with Crippen molar-refractivity contribution in [3.63, 3.8) is 0 Å². The van der Waals surface area contributed by atoms with E-state index in [0.717, 1.165) is 48.3 Å². The first-order valence-corrected chi connectivity index (χ1v) is 13.1. The van der Waals surface area contributed by atoms with E-state index in [1.54, 1.807) is 0 Å². The lowest BCUT2D eigenvalue weighted by Gasteiger charge is -2.45. The van der Waals surface area contributed by atoms with Crippen LogP contribution in [0.2, 0.25) is 0 Å². The van der Waals surface area contributed by atoms with Gasteiger partial charge >= 0.3 is 5.97 Å². The Morgan fingerprint density at radius 3 is 2.07 bits per heavy atom. The lowest BCUT2D eigenvalue weighted by Crippen LogP contribution is -2.39. The molecule has 4 nitrogen and oxygen atoms in total. The second-order valence-corrected chi connectivity index (χ2v) is 10.7. The number of ether oxygens (including phenoxy) is 3. The molecule has 0 amide bonds. The van der Waals surface area contributed by atoms with Crippen LogP contribution >= 0.6 is 0 Å². The van der Waals surface area contributed by atoms with Crippen LogP contribution in [0.1, 0.15) is 104 Å². The highest BCUT2D eigenvalue weighted by molar-refractivity contribution is 5.69. The van der Waals surface area contributed by atoms with E-state index >= 15 is 0 Å². The Hall–Kier alpha value is -0.610. The molecule has 0 radical (unpaired) electrons. The van der Waals surface area contributed by atoms with Crippen molar-refractivity contribution in [1.29, 1.82) is 0 Å². The average Bonchev–Trinajstić information content (AvgIpc) is 2.74. The van der Waals surface area contributed by atoms with E-state index in [-0.39, 0.29) is 18.5 Å². The molecule has 1 heterocycles. The van der Waals surface area contributed by atoms with Crippen molar-refractivity contribution < 1.29 is 19.0 Å². The first-order chi connectivity index (χ1) is 14.6. The van der Waals surface area contributed by atoms with Crippen molar-refractivity contribution in [3.8, 4) is 0 Å². The molecule has 4 heteroatoms. The van der Waals surface area contributed by atoms with Gasteiger partial charge in [0.25, 0.3) is 0 Å². The molecule has 3 saturated carbocycles. The number of hydrogen-bond donors (Lipinski definition) is 0. The molecule has 0 aromatic heterocycles. The largest absolute Gasteiger partial charge is 0.466 e. The summed E-state index contributed by atoms with van der Waals surface area (Å²) in [6, 6.07) is 0. The standard InChI is InChI=1S/C26H44O4/c1-3-28-25(27)14-7-19-4-9-21(10-5-19)23-13-12-22-16-20(6-11-24(22)17-23)8-15-26-29-18(2)30-26/h18-24,26H,3-17H2,1-2H3. The molecule has 4 unspecified atom stereocenters. The Balaban J connectivity index is 1.13. The Morgan fingerprint density at radius 2 is 1.37 bits per heavy atom. The minimum Gasteiger partial charge on any atom is -0.466 e. The summed E-state index contributed by atoms with van der Waals surface area (Å²) in [5, 5.41) is 0. The fraction of sp³-hybridized carbons (Fsp3) is 0.962. The maximum absolute atomic E-state index is 11.6. The molecule has 0 aromatic carbocycles. The third-order valence-electron chi connectivity index (χ3n) is 8.88. The molecular weight excluding hydrogens is 376 g/mol. The Kier molecular flexibility index (Phi) is 8.14. The van der Waals surface area contributed by atoms with Gasteiger partial charge in [0.2, 0.25) is 0 Å². The Labute approximate surface area is 183 Å². The van der Waals surface area contributed by atoms with Crippen LogP contribution < -0.4 is 0 Å². The molecule has 3 aliphatic carbocycles. The molecule has 30 heavy (non-hydrogen) atoms. The summed E-state index contributed by atoms with van der Waals surface area (Å²) >= 11 is 0. The van der Waals surface area contributed by atoms with Crippen LogP contribution in [0.15, 0.2) is 0 Å². The van der Waals surface area contributed by atoms with E-state index in [4.69, 9.17) is 14.2 Å². The van der Waals surface area contributed by atoms with E-state index in [1.165, 1.54) is 70.6 Å². The van der Waals surface area contributed by atoms with Crippen molar-refractivity contribution >= 4 is 5.97 Å². The summed E-state index contributed by atoms with van der Waals surface area (Å²) in [6.45, 7) is 4.39. The first-order valence-electron chi connectivity index (χ1n) is 13.1. The third-order valence-corrected chi connectivity index (χ3v) is 8.88. The average molecular weight is 421 g/mol. The molecule has 4 aliphatic rings. The van der Waals surface area contributed by atoms with Gasteiger partial charge in [0.05, 0.1) is 6.61 Å². The molecule has 0 bridgehead atoms. The zero-order valence-electron chi connectivity index (χ0n) is 19.4. The number of hydrogen-bond acceptors (Lipinski definition) is 4. The van der Waals surface area contributed by atoms with E-state index in [1.807, 2.05) is 13.8 Å². The third kappa shape index (κ3) is 6.00. The zero-order valence-corrected chi connectivity index (χ0v) is 19.4. The number of carbonyl (C=O) groups is 1. The second-order valence-electron chi connectivity index (χ2n) is 10.7. The normalized spacial score (nSPS) is 41.5. The maximum atomic E-state index is 11.6. The minimum absolute atomic E-state index is 0.00385. The zero-order chi connectivity index (χ0) is 20.9. The van der Waals surface area contributed by atoms with Crippen LogP contribution in [-0.4, -0.2) is 25.2 Å². The van der Waals surface area contributed by atoms with Crippen molar-refractivity contribution in [3.05, 3.63) is 0 Å². The van der Waals surface area contributed by atoms with Gasteiger partial charge in [-0.05, 0) is 114 Å². The predicted octanol–water partition coefficient (Wildman–Crippen LogP) is 6.47. The van der Waals surface area contributed by atoms with Crippen molar-refractivity contribution in [2.45, 2.75) is 116 Å². The number of esters is 1. The fourth-order valence-electron chi connectivity index (χ4n) is 7.16. The van der Waals surface area contributed by atoms with Gasteiger partial charge in [-0.1, -0.05) is 19.3 Å². The SMILES string of the molecule is CCOC(=O)CCC1CCC(C2CCC3CC(CCC4OC(C)O4)CCC3C2)CC1. The van der Waals surface area contributed by atoms with E-state index < -0.39 is 0 Å². The molecule has 172 valence electrons. The van der Waals surface area contributed by atoms with Crippen LogP contribution in [-0.2, 0) is 19.0 Å². The topological polar surface area (TPSA) is 44.8 Å². The fourth-order valence-corrected chi connectivity index (χ4v) is 7.16. The summed E-state index contributed by atoms with van der Waals surface area (Å²) in [5.74, 6) is 5.57. The Bertz CT molecular complexity index is 535. The van der Waals surface area contributed by atoms with Crippen LogP contribution in [0.5, 0.6) is 0 Å². The summed E-state index contributed by atoms with van der Waals surface area (Å²) in [4.78, 5) is 11.6. The van der Waals surface area contributed by atoms with Gasteiger partial charge in [0.1, 0.15) is 0 Å². The maximum Gasteiger partial charge on any atom is 0.305 e. The quantitative estimate of drug-likeness (QED) is 0.422. The molecule has 4 rings (SSSR count). The minimum atomic E-state index is -0.00385. The summed E-state index contributed by atoms with van der Waals surface area (Å²) in [7, 11) is 0. The predicted molar refractivity (Wildman–Crippen MR) is 118 cm³/mol. The van der Waals surface area contributed by atoms with Crippen molar-refractivity contribution in [1.82, 2.24) is 0 Å². The Morgan fingerprint density at radius 1 is 0.767 bits per heavy atom. The molecule has 1 saturated heterocycles. The van der Waals surface area contributed by atoms with Gasteiger partial charge in [-0.2, -0.15) is 0 Å². The van der Waals surface area contributed by atoms with E-state index in [9.17, 15) is 4.79 Å². The number of rotatable bonds is 8. The summed E-state index contributed by atoms with van der Waals surface area (Å²) in [5.41, 5.74) is 0. The smallest absolute Gasteiger partial charge is 0.305 e. The van der Waals surface area contributed by atoms with Crippen LogP contribution in [0.25, 0.3) is 0 Å². The van der Waals surface area contributed by atoms with Gasteiger partial charge in [0.15, 0.2) is 12.6 Å². The second kappa shape index (κ2) is 10.8. The molecule has 4 fully saturated rings. The van der Waals surface area contributed by atoms with Crippen LogP contribution in [0.4, 0.5) is 0 Å². The molecule has 0 spiro atoms. The highest BCUT2D eigenvalue weighted by Crippen LogP contribution is 2.50. The van der Waals surface area contributed by atoms with Gasteiger partial charge in [0, 0.05) is 6.42 Å². The summed E-state index contributed by atoms with van der Waals surface area (Å²) in [6.07, 6.45) is 18.4. The molecule has 0 aromatic rings. The van der Waals surface area contributed by atoms with Crippen LogP contribution in [0, 0.1) is 35.5 Å². The van der Waals surface area contributed by atoms with Gasteiger partial charge in [-0.3, -0.25) is 4.79 Å². The first kappa shape index (κ1) is 22.6.